The number of fused-ring (bicyclic) bond motifs is 1. The van der Waals surface area contributed by atoms with Crippen LogP contribution in [0.5, 0.6) is 0 Å². The first-order valence-corrected chi connectivity index (χ1v) is 9.17. The van der Waals surface area contributed by atoms with Gasteiger partial charge in [0.2, 0.25) is 5.95 Å². The summed E-state index contributed by atoms with van der Waals surface area (Å²) in [7, 11) is 0. The van der Waals surface area contributed by atoms with Crippen LogP contribution in [0.25, 0.3) is 0 Å². The van der Waals surface area contributed by atoms with Crippen molar-refractivity contribution in [1.82, 2.24) is 15.3 Å². The van der Waals surface area contributed by atoms with Crippen molar-refractivity contribution in [3.63, 3.8) is 0 Å². The number of nitrogens with zero attached hydrogens (tertiary/aromatic N) is 4. The van der Waals surface area contributed by atoms with Gasteiger partial charge >= 0.3 is 0 Å². The third-order valence-electron chi connectivity index (χ3n) is 5.38. The van der Waals surface area contributed by atoms with E-state index in [2.05, 4.69) is 45.4 Å². The van der Waals surface area contributed by atoms with Crippen LogP contribution in [-0.4, -0.2) is 55.9 Å². The molecule has 0 aliphatic carbocycles. The quantitative estimate of drug-likeness (QED) is 0.920. The smallest absolute Gasteiger partial charge is 0.227 e. The lowest BCUT2D eigenvalue weighted by Crippen LogP contribution is -2.42. The Labute approximate surface area is 147 Å². The van der Waals surface area contributed by atoms with Crippen LogP contribution in [0.1, 0.15) is 17.2 Å². The predicted molar refractivity (Wildman–Crippen MR) is 97.8 cm³/mol. The number of morpholine rings is 1. The second-order valence-corrected chi connectivity index (χ2v) is 6.90. The predicted octanol–water partition coefficient (Wildman–Crippen LogP) is 1.69. The zero-order valence-electron chi connectivity index (χ0n) is 14.3. The van der Waals surface area contributed by atoms with Crippen LogP contribution in [0.2, 0.25) is 0 Å². The Balaban J connectivity index is 1.58. The minimum Gasteiger partial charge on any atom is -0.378 e. The summed E-state index contributed by atoms with van der Waals surface area (Å²) in [6.45, 7) is 6.27. The lowest BCUT2D eigenvalue weighted by molar-refractivity contribution is 0.122. The second-order valence-electron chi connectivity index (χ2n) is 6.90. The number of hydrogen-bond acceptors (Lipinski definition) is 6. The largest absolute Gasteiger partial charge is 0.378 e. The molecule has 2 aromatic rings. The highest BCUT2D eigenvalue weighted by Gasteiger charge is 2.33. The third-order valence-corrected chi connectivity index (χ3v) is 5.38. The molecule has 2 saturated heterocycles. The van der Waals surface area contributed by atoms with Crippen molar-refractivity contribution in [2.45, 2.75) is 12.3 Å². The second kappa shape index (κ2) is 6.28. The molecule has 1 N–H and O–H groups in total. The Morgan fingerprint density at radius 3 is 2.52 bits per heavy atom. The molecule has 0 spiro atoms. The summed E-state index contributed by atoms with van der Waals surface area (Å²) in [6.07, 6.45) is 1.03. The molecule has 6 heteroatoms. The first kappa shape index (κ1) is 15.1. The van der Waals surface area contributed by atoms with E-state index < -0.39 is 0 Å². The van der Waals surface area contributed by atoms with Crippen LogP contribution in [0.3, 0.4) is 0 Å². The average molecular weight is 337 g/mol. The van der Waals surface area contributed by atoms with Gasteiger partial charge in [-0.25, -0.2) is 4.98 Å². The fraction of sp³-hybridized carbons (Fsp3) is 0.474. The fourth-order valence-corrected chi connectivity index (χ4v) is 3.85. The number of nitrogens with one attached hydrogen (secondary N) is 1. The maximum atomic E-state index is 5.50. The SMILES string of the molecule is c1ccc(N2CCc3c(C4CNC4)nc(N4CCOCC4)nc32)cc1. The molecule has 1 aromatic carbocycles. The lowest BCUT2D eigenvalue weighted by Gasteiger charge is -2.32. The van der Waals surface area contributed by atoms with Gasteiger partial charge in [-0.3, -0.25) is 0 Å². The number of hydrogen-bond donors (Lipinski definition) is 1. The van der Waals surface area contributed by atoms with E-state index in [9.17, 15) is 0 Å². The molecule has 0 amide bonds. The standard InChI is InChI=1S/C19H23N5O/c1-2-4-15(5-3-1)24-7-6-16-17(14-12-20-13-14)21-19(22-18(16)24)23-8-10-25-11-9-23/h1-5,14,20H,6-13H2. The number of benzene rings is 1. The molecule has 130 valence electrons. The highest BCUT2D eigenvalue weighted by atomic mass is 16.5. The normalized spacial score (nSPS) is 20.5. The van der Waals surface area contributed by atoms with Gasteiger partial charge in [-0.1, -0.05) is 18.2 Å². The van der Waals surface area contributed by atoms with E-state index in [0.29, 0.717) is 5.92 Å². The van der Waals surface area contributed by atoms with E-state index >= 15 is 0 Å². The summed E-state index contributed by atoms with van der Waals surface area (Å²) in [5, 5.41) is 3.39. The van der Waals surface area contributed by atoms with Gasteiger partial charge in [0.1, 0.15) is 5.82 Å². The summed E-state index contributed by atoms with van der Waals surface area (Å²) < 4.78 is 5.50. The maximum absolute atomic E-state index is 5.50. The molecule has 0 unspecified atom stereocenters. The molecule has 5 rings (SSSR count). The molecule has 0 bridgehead atoms. The number of para-hydroxylation sites is 1. The van der Waals surface area contributed by atoms with Gasteiger partial charge in [0, 0.05) is 49.9 Å². The number of rotatable bonds is 3. The van der Waals surface area contributed by atoms with Gasteiger partial charge in [0.05, 0.1) is 18.9 Å². The molecule has 0 radical (unpaired) electrons. The summed E-state index contributed by atoms with van der Waals surface area (Å²) >= 11 is 0. The van der Waals surface area contributed by atoms with E-state index in [-0.39, 0.29) is 0 Å². The van der Waals surface area contributed by atoms with Crippen LogP contribution in [0.4, 0.5) is 17.5 Å². The summed E-state index contributed by atoms with van der Waals surface area (Å²) in [6, 6.07) is 10.6. The van der Waals surface area contributed by atoms with Gasteiger partial charge in [0.25, 0.3) is 0 Å². The topological polar surface area (TPSA) is 53.5 Å². The van der Waals surface area contributed by atoms with Crippen molar-refractivity contribution < 1.29 is 4.74 Å². The molecule has 0 saturated carbocycles. The van der Waals surface area contributed by atoms with E-state index in [0.717, 1.165) is 64.1 Å². The minimum atomic E-state index is 0.521. The summed E-state index contributed by atoms with van der Waals surface area (Å²) in [5.74, 6) is 2.49. The molecule has 0 atom stereocenters. The molecule has 25 heavy (non-hydrogen) atoms. The Morgan fingerprint density at radius 1 is 1.00 bits per heavy atom. The molecule has 6 nitrogen and oxygen atoms in total. The summed E-state index contributed by atoms with van der Waals surface area (Å²) in [4.78, 5) is 14.6. The molecule has 1 aromatic heterocycles. The van der Waals surface area contributed by atoms with E-state index in [1.54, 1.807) is 0 Å². The summed E-state index contributed by atoms with van der Waals surface area (Å²) in [5.41, 5.74) is 3.81. The zero-order chi connectivity index (χ0) is 16.6. The highest BCUT2D eigenvalue weighted by molar-refractivity contribution is 5.68. The molecule has 2 fully saturated rings. The van der Waals surface area contributed by atoms with E-state index in [4.69, 9.17) is 14.7 Å². The van der Waals surface area contributed by atoms with Gasteiger partial charge in [-0.05, 0) is 18.6 Å². The number of aromatic nitrogens is 2. The Kier molecular flexibility index (Phi) is 3.79. The van der Waals surface area contributed by atoms with Crippen LogP contribution in [0, 0.1) is 0 Å². The third kappa shape index (κ3) is 2.65. The van der Waals surface area contributed by atoms with Crippen molar-refractivity contribution in [2.75, 3.05) is 55.7 Å². The Hall–Kier alpha value is -2.18. The number of anilines is 3. The van der Waals surface area contributed by atoms with Crippen molar-refractivity contribution in [2.24, 2.45) is 0 Å². The van der Waals surface area contributed by atoms with Gasteiger partial charge in [-0.2, -0.15) is 4.98 Å². The van der Waals surface area contributed by atoms with E-state index in [1.807, 2.05) is 0 Å². The van der Waals surface area contributed by atoms with Gasteiger partial charge in [0.15, 0.2) is 0 Å². The highest BCUT2D eigenvalue weighted by Crippen LogP contribution is 2.38. The maximum Gasteiger partial charge on any atom is 0.227 e. The molecule has 4 heterocycles. The molecular formula is C19H23N5O. The van der Waals surface area contributed by atoms with Crippen LogP contribution in [-0.2, 0) is 11.2 Å². The lowest BCUT2D eigenvalue weighted by atomic mass is 9.94. The fourth-order valence-electron chi connectivity index (χ4n) is 3.85. The van der Waals surface area contributed by atoms with Crippen molar-refractivity contribution in [3.8, 4) is 0 Å². The van der Waals surface area contributed by atoms with Crippen molar-refractivity contribution >= 4 is 17.5 Å². The average Bonchev–Trinajstić information content (AvgIpc) is 3.06. The first-order chi connectivity index (χ1) is 12.4. The van der Waals surface area contributed by atoms with Crippen LogP contribution >= 0.6 is 0 Å². The van der Waals surface area contributed by atoms with Crippen LogP contribution in [0.15, 0.2) is 30.3 Å². The van der Waals surface area contributed by atoms with E-state index in [1.165, 1.54) is 16.9 Å². The first-order valence-electron chi connectivity index (χ1n) is 9.17. The van der Waals surface area contributed by atoms with Crippen LogP contribution < -0.4 is 15.1 Å². The van der Waals surface area contributed by atoms with Gasteiger partial charge in [-0.15, -0.1) is 0 Å². The molecule has 3 aliphatic heterocycles. The Morgan fingerprint density at radius 2 is 1.80 bits per heavy atom. The monoisotopic (exact) mass is 337 g/mol. The van der Waals surface area contributed by atoms with Crippen molar-refractivity contribution in [3.05, 3.63) is 41.6 Å². The zero-order valence-corrected chi connectivity index (χ0v) is 14.3. The van der Waals surface area contributed by atoms with Gasteiger partial charge < -0.3 is 19.9 Å². The Bertz CT molecular complexity index is 756. The number of ether oxygens (including phenoxy) is 1. The van der Waals surface area contributed by atoms with Crippen molar-refractivity contribution in [1.29, 1.82) is 0 Å². The minimum absolute atomic E-state index is 0.521. The molecular weight excluding hydrogens is 314 g/mol. The molecule has 3 aliphatic rings.